The number of carbonyl (C=O) groups is 1. The molecule has 1 atom stereocenters. The van der Waals surface area contributed by atoms with E-state index in [1.165, 1.54) is 0 Å². The summed E-state index contributed by atoms with van der Waals surface area (Å²) < 4.78 is 5.58. The third-order valence-electron chi connectivity index (χ3n) is 3.71. The SMILES string of the molecule is CC(C)(C)OC(=O)N1C[C@@H](c2ccccc2)Nc2ccccc21. The first kappa shape index (κ1) is 15.4. The summed E-state index contributed by atoms with van der Waals surface area (Å²) in [5, 5.41) is 3.51. The molecule has 4 heteroatoms. The molecule has 1 N–H and O–H groups in total. The molecule has 0 bridgehead atoms. The molecule has 120 valence electrons. The number of rotatable bonds is 1. The molecular weight excluding hydrogens is 288 g/mol. The van der Waals surface area contributed by atoms with Gasteiger partial charge < -0.3 is 10.1 Å². The van der Waals surface area contributed by atoms with E-state index in [1.807, 2.05) is 63.2 Å². The first-order chi connectivity index (χ1) is 10.9. The minimum absolute atomic E-state index is 0.0404. The molecule has 0 radical (unpaired) electrons. The number of carbonyl (C=O) groups excluding carboxylic acids is 1. The van der Waals surface area contributed by atoms with Crippen LogP contribution in [0.2, 0.25) is 0 Å². The largest absolute Gasteiger partial charge is 0.443 e. The molecule has 0 unspecified atom stereocenters. The lowest BCUT2D eigenvalue weighted by Gasteiger charge is -2.36. The molecule has 3 rings (SSSR count). The number of anilines is 2. The van der Waals surface area contributed by atoms with Crippen LogP contribution in [-0.2, 0) is 4.74 Å². The quantitative estimate of drug-likeness (QED) is 0.837. The number of hydrogen-bond acceptors (Lipinski definition) is 3. The first-order valence-corrected chi connectivity index (χ1v) is 7.85. The molecule has 2 aromatic carbocycles. The average molecular weight is 310 g/mol. The van der Waals surface area contributed by atoms with E-state index in [2.05, 4.69) is 17.4 Å². The number of fused-ring (bicyclic) bond motifs is 1. The van der Waals surface area contributed by atoms with Gasteiger partial charge in [-0.15, -0.1) is 0 Å². The first-order valence-electron chi connectivity index (χ1n) is 7.85. The van der Waals surface area contributed by atoms with Gasteiger partial charge in [-0.2, -0.15) is 0 Å². The second-order valence-corrected chi connectivity index (χ2v) is 6.72. The molecule has 0 spiro atoms. The molecule has 4 nitrogen and oxygen atoms in total. The van der Waals surface area contributed by atoms with Gasteiger partial charge in [-0.1, -0.05) is 42.5 Å². The Balaban J connectivity index is 1.93. The summed E-state index contributed by atoms with van der Waals surface area (Å²) >= 11 is 0. The third kappa shape index (κ3) is 3.47. The van der Waals surface area contributed by atoms with Crippen LogP contribution < -0.4 is 10.2 Å². The second-order valence-electron chi connectivity index (χ2n) is 6.72. The zero-order valence-corrected chi connectivity index (χ0v) is 13.7. The zero-order valence-electron chi connectivity index (χ0n) is 13.7. The minimum atomic E-state index is -0.515. The maximum atomic E-state index is 12.6. The number of amides is 1. The molecule has 2 aromatic rings. The molecule has 0 saturated heterocycles. The Morgan fingerprint density at radius 3 is 2.43 bits per heavy atom. The van der Waals surface area contributed by atoms with E-state index < -0.39 is 5.60 Å². The molecule has 0 fully saturated rings. The van der Waals surface area contributed by atoms with Crippen molar-refractivity contribution in [2.75, 3.05) is 16.8 Å². The van der Waals surface area contributed by atoms with Crippen LogP contribution in [-0.4, -0.2) is 18.2 Å². The van der Waals surface area contributed by atoms with Crippen molar-refractivity contribution in [3.63, 3.8) is 0 Å². The maximum Gasteiger partial charge on any atom is 0.414 e. The van der Waals surface area contributed by atoms with Crippen LogP contribution in [0.15, 0.2) is 54.6 Å². The Labute approximate surface area is 137 Å². The summed E-state index contributed by atoms with van der Waals surface area (Å²) in [6.07, 6.45) is -0.313. The van der Waals surface area contributed by atoms with Crippen LogP contribution in [0.1, 0.15) is 32.4 Å². The summed E-state index contributed by atoms with van der Waals surface area (Å²) in [4.78, 5) is 14.3. The molecule has 1 amide bonds. The monoisotopic (exact) mass is 310 g/mol. The van der Waals surface area contributed by atoms with Gasteiger partial charge in [-0.05, 0) is 38.5 Å². The molecule has 23 heavy (non-hydrogen) atoms. The van der Waals surface area contributed by atoms with Gasteiger partial charge in [0.1, 0.15) is 5.60 Å². The van der Waals surface area contributed by atoms with Crippen molar-refractivity contribution in [2.24, 2.45) is 0 Å². The van der Waals surface area contributed by atoms with Gasteiger partial charge in [0.15, 0.2) is 0 Å². The van der Waals surface area contributed by atoms with E-state index in [9.17, 15) is 4.79 Å². The predicted molar refractivity (Wildman–Crippen MR) is 92.8 cm³/mol. The standard InChI is InChI=1S/C19H22N2O2/c1-19(2,3)23-18(22)21-13-16(14-9-5-4-6-10-14)20-15-11-7-8-12-17(15)21/h4-12,16,20H,13H2,1-3H3/t16-/m0/s1. The van der Waals surface area contributed by atoms with E-state index in [0.29, 0.717) is 6.54 Å². The number of nitrogens with one attached hydrogen (secondary N) is 1. The minimum Gasteiger partial charge on any atom is -0.443 e. The summed E-state index contributed by atoms with van der Waals surface area (Å²) in [5.41, 5.74) is 2.43. The number of nitrogens with zero attached hydrogens (tertiary/aromatic N) is 1. The van der Waals surface area contributed by atoms with Gasteiger partial charge in [0.25, 0.3) is 0 Å². The van der Waals surface area contributed by atoms with Crippen molar-refractivity contribution in [3.05, 3.63) is 60.2 Å². The van der Waals surface area contributed by atoms with E-state index in [4.69, 9.17) is 4.74 Å². The molecule has 0 aromatic heterocycles. The van der Waals surface area contributed by atoms with E-state index in [-0.39, 0.29) is 12.1 Å². The molecule has 0 aliphatic carbocycles. The lowest BCUT2D eigenvalue weighted by atomic mass is 10.0. The molecule has 1 aliphatic heterocycles. The normalized spacial score (nSPS) is 17.2. The topological polar surface area (TPSA) is 41.6 Å². The highest BCUT2D eigenvalue weighted by atomic mass is 16.6. The highest BCUT2D eigenvalue weighted by Gasteiger charge is 2.31. The molecule has 1 heterocycles. The molecular formula is C19H22N2O2. The van der Waals surface area contributed by atoms with Gasteiger partial charge in [0.2, 0.25) is 0 Å². The van der Waals surface area contributed by atoms with Crippen molar-refractivity contribution in [1.29, 1.82) is 0 Å². The summed E-state index contributed by atoms with van der Waals surface area (Å²) in [6.45, 7) is 6.19. The highest BCUT2D eigenvalue weighted by Crippen LogP contribution is 2.36. The lowest BCUT2D eigenvalue weighted by Crippen LogP contribution is -2.43. The van der Waals surface area contributed by atoms with Gasteiger partial charge in [-0.25, -0.2) is 4.79 Å². The third-order valence-corrected chi connectivity index (χ3v) is 3.71. The predicted octanol–water partition coefficient (Wildman–Crippen LogP) is 4.59. The van der Waals surface area contributed by atoms with E-state index in [0.717, 1.165) is 16.9 Å². The Bertz CT molecular complexity index is 692. The van der Waals surface area contributed by atoms with Crippen molar-refractivity contribution in [3.8, 4) is 0 Å². The van der Waals surface area contributed by atoms with Gasteiger partial charge >= 0.3 is 6.09 Å². The second kappa shape index (κ2) is 5.95. The smallest absolute Gasteiger partial charge is 0.414 e. The Kier molecular flexibility index (Phi) is 3.99. The van der Waals surface area contributed by atoms with Crippen LogP contribution in [0.25, 0.3) is 0 Å². The number of ether oxygens (including phenoxy) is 1. The van der Waals surface area contributed by atoms with Gasteiger partial charge in [0, 0.05) is 0 Å². The highest BCUT2D eigenvalue weighted by molar-refractivity contribution is 5.93. The zero-order chi connectivity index (χ0) is 16.4. The summed E-state index contributed by atoms with van der Waals surface area (Å²) in [6, 6.07) is 18.0. The van der Waals surface area contributed by atoms with Crippen LogP contribution >= 0.6 is 0 Å². The average Bonchev–Trinajstić information content (AvgIpc) is 2.53. The molecule has 0 saturated carbocycles. The van der Waals surface area contributed by atoms with Gasteiger partial charge in [0.05, 0.1) is 24.0 Å². The van der Waals surface area contributed by atoms with Crippen LogP contribution in [0.4, 0.5) is 16.2 Å². The Morgan fingerprint density at radius 2 is 1.74 bits per heavy atom. The van der Waals surface area contributed by atoms with Crippen molar-refractivity contribution < 1.29 is 9.53 Å². The molecule has 1 aliphatic rings. The summed E-state index contributed by atoms with van der Waals surface area (Å²) in [7, 11) is 0. The number of para-hydroxylation sites is 2. The van der Waals surface area contributed by atoms with Crippen molar-refractivity contribution >= 4 is 17.5 Å². The van der Waals surface area contributed by atoms with Crippen molar-refractivity contribution in [1.82, 2.24) is 0 Å². The fourth-order valence-electron chi connectivity index (χ4n) is 2.71. The van der Waals surface area contributed by atoms with E-state index in [1.54, 1.807) is 4.90 Å². The maximum absolute atomic E-state index is 12.6. The van der Waals surface area contributed by atoms with Crippen LogP contribution in [0.3, 0.4) is 0 Å². The van der Waals surface area contributed by atoms with Crippen LogP contribution in [0.5, 0.6) is 0 Å². The van der Waals surface area contributed by atoms with E-state index >= 15 is 0 Å². The van der Waals surface area contributed by atoms with Gasteiger partial charge in [-0.3, -0.25) is 4.90 Å². The Morgan fingerprint density at radius 1 is 1.09 bits per heavy atom. The summed E-state index contributed by atoms with van der Waals surface area (Å²) in [5.74, 6) is 0. The van der Waals surface area contributed by atoms with Crippen molar-refractivity contribution in [2.45, 2.75) is 32.4 Å². The Hall–Kier alpha value is -2.49. The fraction of sp³-hybridized carbons (Fsp3) is 0.316. The van der Waals surface area contributed by atoms with Crippen LogP contribution in [0, 0.1) is 0 Å². The number of hydrogen-bond donors (Lipinski definition) is 1. The lowest BCUT2D eigenvalue weighted by molar-refractivity contribution is 0.0577. The fourth-order valence-corrected chi connectivity index (χ4v) is 2.71. The number of benzene rings is 2.